The summed E-state index contributed by atoms with van der Waals surface area (Å²) in [5, 5.41) is 9.49. The van der Waals surface area contributed by atoms with Gasteiger partial charge in [-0.3, -0.25) is 0 Å². The zero-order valence-corrected chi connectivity index (χ0v) is 8.28. The molecule has 0 heterocycles. The molecule has 0 aliphatic rings. The van der Waals surface area contributed by atoms with Gasteiger partial charge in [0.25, 0.3) is 0 Å². The van der Waals surface area contributed by atoms with Crippen LogP contribution >= 0.6 is 0 Å². The summed E-state index contributed by atoms with van der Waals surface area (Å²) in [4.78, 5) is 10.9. The molecule has 0 aliphatic carbocycles. The molecule has 0 saturated heterocycles. The van der Waals surface area contributed by atoms with Crippen molar-refractivity contribution in [2.75, 3.05) is 7.11 Å². The first-order valence-corrected chi connectivity index (χ1v) is 4.19. The number of rotatable bonds is 4. The Labute approximate surface area is 78.7 Å². The lowest BCUT2D eigenvalue weighted by Gasteiger charge is -2.14. The number of carbonyl (C=O) groups excluding carboxylic acids is 1. The number of aliphatic hydroxyl groups is 1. The minimum absolute atomic E-state index is 0.659. The average molecular weight is 184 g/mol. The maximum absolute atomic E-state index is 10.9. The molecule has 0 rings (SSSR count). The van der Waals surface area contributed by atoms with Gasteiger partial charge in [0.05, 0.1) is 7.11 Å². The predicted octanol–water partition coefficient (Wildman–Crippen LogP) is 1.43. The lowest BCUT2D eigenvalue weighted by molar-refractivity contribution is -0.155. The molecular formula is C10H16O3. The molecule has 0 amide bonds. The number of ether oxygens (including phenoxy) is 1. The van der Waals surface area contributed by atoms with Crippen molar-refractivity contribution in [3.8, 4) is 0 Å². The van der Waals surface area contributed by atoms with Crippen molar-refractivity contribution in [1.29, 1.82) is 0 Å². The Balaban J connectivity index is 4.23. The maximum atomic E-state index is 10.9. The van der Waals surface area contributed by atoms with Crippen LogP contribution in [0, 0.1) is 0 Å². The minimum atomic E-state index is -1.53. The standard InChI is InChI=1S/C10H16O3/c1-4-5-6-7-8-10(2,12)9(11)13-3/h5-8,12H,4H2,1-3H3/b6-5+,8-7+. The highest BCUT2D eigenvalue weighted by atomic mass is 16.5. The van der Waals surface area contributed by atoms with E-state index >= 15 is 0 Å². The van der Waals surface area contributed by atoms with Gasteiger partial charge >= 0.3 is 5.97 Å². The molecule has 1 unspecified atom stereocenters. The van der Waals surface area contributed by atoms with Crippen molar-refractivity contribution in [2.45, 2.75) is 25.9 Å². The molecule has 0 spiro atoms. The number of hydrogen-bond acceptors (Lipinski definition) is 3. The molecule has 1 atom stereocenters. The van der Waals surface area contributed by atoms with Crippen molar-refractivity contribution in [2.24, 2.45) is 0 Å². The lowest BCUT2D eigenvalue weighted by atomic mass is 10.1. The number of allylic oxidation sites excluding steroid dienone is 3. The smallest absolute Gasteiger partial charge is 0.341 e. The average Bonchev–Trinajstić information content (AvgIpc) is 2.11. The second-order valence-electron chi connectivity index (χ2n) is 2.83. The van der Waals surface area contributed by atoms with E-state index in [2.05, 4.69) is 4.74 Å². The molecule has 13 heavy (non-hydrogen) atoms. The zero-order chi connectivity index (χ0) is 10.3. The van der Waals surface area contributed by atoms with Crippen LogP contribution in [0.25, 0.3) is 0 Å². The topological polar surface area (TPSA) is 46.5 Å². The Morgan fingerprint density at radius 3 is 2.62 bits per heavy atom. The predicted molar refractivity (Wildman–Crippen MR) is 51.2 cm³/mol. The summed E-state index contributed by atoms with van der Waals surface area (Å²) in [5.74, 6) is -0.659. The van der Waals surface area contributed by atoms with Crippen molar-refractivity contribution in [3.05, 3.63) is 24.3 Å². The van der Waals surface area contributed by atoms with Crippen molar-refractivity contribution in [3.63, 3.8) is 0 Å². The van der Waals surface area contributed by atoms with Gasteiger partial charge in [-0.1, -0.05) is 25.2 Å². The third-order valence-corrected chi connectivity index (χ3v) is 1.50. The Morgan fingerprint density at radius 1 is 1.54 bits per heavy atom. The fourth-order valence-electron chi connectivity index (χ4n) is 0.732. The quantitative estimate of drug-likeness (QED) is 0.531. The minimum Gasteiger partial charge on any atom is -0.467 e. The molecule has 0 saturated carbocycles. The van der Waals surface area contributed by atoms with E-state index in [1.54, 1.807) is 12.2 Å². The summed E-state index contributed by atoms with van der Waals surface area (Å²) < 4.78 is 4.41. The Kier molecular flexibility index (Phi) is 5.07. The van der Waals surface area contributed by atoms with Gasteiger partial charge in [-0.15, -0.1) is 0 Å². The van der Waals surface area contributed by atoms with E-state index in [-0.39, 0.29) is 0 Å². The number of carbonyl (C=O) groups is 1. The third kappa shape index (κ3) is 4.48. The van der Waals surface area contributed by atoms with Gasteiger partial charge < -0.3 is 9.84 Å². The Morgan fingerprint density at radius 2 is 2.15 bits per heavy atom. The van der Waals surface area contributed by atoms with Crippen LogP contribution in [0.5, 0.6) is 0 Å². The van der Waals surface area contributed by atoms with Gasteiger partial charge in [0.2, 0.25) is 0 Å². The Hall–Kier alpha value is -1.09. The van der Waals surface area contributed by atoms with Crippen molar-refractivity contribution in [1.82, 2.24) is 0 Å². The highest BCUT2D eigenvalue weighted by Gasteiger charge is 2.27. The molecule has 0 bridgehead atoms. The molecule has 0 fully saturated rings. The molecule has 74 valence electrons. The Bertz CT molecular complexity index is 214. The van der Waals surface area contributed by atoms with E-state index in [0.717, 1.165) is 6.42 Å². The SMILES string of the molecule is CC/C=C/C=C/C(C)(O)C(=O)OC. The molecule has 3 heteroatoms. The fourth-order valence-corrected chi connectivity index (χ4v) is 0.732. The summed E-state index contributed by atoms with van der Waals surface area (Å²) in [7, 11) is 1.24. The summed E-state index contributed by atoms with van der Waals surface area (Å²) >= 11 is 0. The van der Waals surface area contributed by atoms with Crippen molar-refractivity contribution < 1.29 is 14.6 Å². The van der Waals surface area contributed by atoms with Crippen LogP contribution in [0.15, 0.2) is 24.3 Å². The van der Waals surface area contributed by atoms with E-state index in [9.17, 15) is 9.90 Å². The first-order chi connectivity index (χ1) is 6.04. The van der Waals surface area contributed by atoms with E-state index in [4.69, 9.17) is 0 Å². The maximum Gasteiger partial charge on any atom is 0.341 e. The van der Waals surface area contributed by atoms with Gasteiger partial charge in [-0.05, 0) is 19.4 Å². The monoisotopic (exact) mass is 184 g/mol. The molecule has 0 aliphatic heterocycles. The van der Waals surface area contributed by atoms with Crippen LogP contribution < -0.4 is 0 Å². The van der Waals surface area contributed by atoms with Crippen LogP contribution in [0.2, 0.25) is 0 Å². The second kappa shape index (κ2) is 5.54. The van der Waals surface area contributed by atoms with Crippen molar-refractivity contribution >= 4 is 5.97 Å². The highest BCUT2D eigenvalue weighted by molar-refractivity contribution is 5.81. The molecular weight excluding hydrogens is 168 g/mol. The molecule has 0 aromatic heterocycles. The summed E-state index contributed by atoms with van der Waals surface area (Å²) in [6.45, 7) is 3.39. The van der Waals surface area contributed by atoms with Gasteiger partial charge in [0.1, 0.15) is 0 Å². The normalized spacial score (nSPS) is 16.3. The number of esters is 1. The highest BCUT2D eigenvalue weighted by Crippen LogP contribution is 2.07. The van der Waals surface area contributed by atoms with E-state index in [1.807, 2.05) is 13.0 Å². The molecule has 1 N–H and O–H groups in total. The van der Waals surface area contributed by atoms with Crippen LogP contribution in [-0.2, 0) is 9.53 Å². The van der Waals surface area contributed by atoms with Gasteiger partial charge in [-0.25, -0.2) is 4.79 Å². The van der Waals surface area contributed by atoms with Crippen LogP contribution in [-0.4, -0.2) is 23.8 Å². The van der Waals surface area contributed by atoms with Crippen LogP contribution in [0.3, 0.4) is 0 Å². The largest absolute Gasteiger partial charge is 0.467 e. The molecule has 0 radical (unpaired) electrons. The number of hydrogen-bond donors (Lipinski definition) is 1. The van der Waals surface area contributed by atoms with E-state index < -0.39 is 11.6 Å². The fraction of sp³-hybridized carbons (Fsp3) is 0.500. The first kappa shape index (κ1) is 11.9. The van der Waals surface area contributed by atoms with Gasteiger partial charge in [0.15, 0.2) is 5.60 Å². The van der Waals surface area contributed by atoms with Crippen LogP contribution in [0.4, 0.5) is 0 Å². The first-order valence-electron chi connectivity index (χ1n) is 4.19. The second-order valence-corrected chi connectivity index (χ2v) is 2.83. The summed E-state index contributed by atoms with van der Waals surface area (Å²) in [6, 6.07) is 0. The molecule has 0 aromatic rings. The number of methoxy groups -OCH3 is 1. The molecule has 0 aromatic carbocycles. The van der Waals surface area contributed by atoms with Crippen LogP contribution in [0.1, 0.15) is 20.3 Å². The summed E-state index contributed by atoms with van der Waals surface area (Å²) in [6.07, 6.45) is 7.64. The zero-order valence-electron chi connectivity index (χ0n) is 8.28. The molecule has 3 nitrogen and oxygen atoms in total. The van der Waals surface area contributed by atoms with Gasteiger partial charge in [0, 0.05) is 0 Å². The third-order valence-electron chi connectivity index (χ3n) is 1.50. The van der Waals surface area contributed by atoms with E-state index in [1.165, 1.54) is 20.1 Å². The summed E-state index contributed by atoms with van der Waals surface area (Å²) in [5.41, 5.74) is -1.53. The van der Waals surface area contributed by atoms with E-state index in [0.29, 0.717) is 0 Å². The lowest BCUT2D eigenvalue weighted by Crippen LogP contribution is -2.33. The van der Waals surface area contributed by atoms with Gasteiger partial charge in [-0.2, -0.15) is 0 Å².